The number of aromatic nitrogens is 3. The van der Waals surface area contributed by atoms with E-state index in [4.69, 9.17) is 0 Å². The number of halogens is 3. The van der Waals surface area contributed by atoms with Gasteiger partial charge in [-0.05, 0) is 56.4 Å². The van der Waals surface area contributed by atoms with Crippen LogP contribution in [-0.2, 0) is 0 Å². The molecule has 0 aliphatic heterocycles. The molecule has 1 saturated carbocycles. The second-order valence-corrected chi connectivity index (χ2v) is 7.21. The second kappa shape index (κ2) is 7.90. The summed E-state index contributed by atoms with van der Waals surface area (Å²) < 4.78 is 43.2. The Morgan fingerprint density at radius 3 is 2.79 bits per heavy atom. The van der Waals surface area contributed by atoms with Crippen LogP contribution in [0.3, 0.4) is 0 Å². The molecule has 154 valence electrons. The third kappa shape index (κ3) is 4.79. The molecular formula is C20H21F3N4O2. The molecule has 1 fully saturated rings. The first kappa shape index (κ1) is 19.5. The monoisotopic (exact) mass is 406 g/mol. The normalized spacial score (nSPS) is 20.4. The first-order chi connectivity index (χ1) is 13.9. The molecule has 0 radical (unpaired) electrons. The number of alkyl halides is 3. The largest absolute Gasteiger partial charge is 0.573 e. The average molecular weight is 406 g/mol. The van der Waals surface area contributed by atoms with Crippen LogP contribution in [0.4, 0.5) is 19.0 Å². The zero-order valence-electron chi connectivity index (χ0n) is 15.6. The van der Waals surface area contributed by atoms with Gasteiger partial charge in [0.2, 0.25) is 0 Å². The van der Waals surface area contributed by atoms with Crippen molar-refractivity contribution in [2.75, 3.05) is 5.32 Å². The summed E-state index contributed by atoms with van der Waals surface area (Å²) >= 11 is 0. The Bertz CT molecular complexity index is 989. The van der Waals surface area contributed by atoms with Gasteiger partial charge in [-0.3, -0.25) is 0 Å². The van der Waals surface area contributed by atoms with Crippen molar-refractivity contribution in [3.8, 4) is 17.0 Å². The number of aliphatic hydroxyl groups is 1. The predicted octanol–water partition coefficient (Wildman–Crippen LogP) is 4.40. The van der Waals surface area contributed by atoms with Gasteiger partial charge in [-0.25, -0.2) is 9.50 Å². The minimum atomic E-state index is -4.75. The fraction of sp³-hybridized carbons (Fsp3) is 0.400. The molecule has 2 unspecified atom stereocenters. The smallest absolute Gasteiger partial charge is 0.406 e. The summed E-state index contributed by atoms with van der Waals surface area (Å²) in [5, 5.41) is 17.8. The van der Waals surface area contributed by atoms with Gasteiger partial charge >= 0.3 is 6.36 Å². The summed E-state index contributed by atoms with van der Waals surface area (Å²) in [6, 6.07) is 9.59. The Hall–Kier alpha value is -2.81. The fourth-order valence-corrected chi connectivity index (χ4v) is 3.64. The Labute approximate surface area is 165 Å². The third-order valence-corrected chi connectivity index (χ3v) is 5.02. The van der Waals surface area contributed by atoms with Gasteiger partial charge in [0, 0.05) is 11.6 Å². The minimum absolute atomic E-state index is 0.215. The lowest BCUT2D eigenvalue weighted by Gasteiger charge is -2.17. The van der Waals surface area contributed by atoms with Crippen molar-refractivity contribution < 1.29 is 23.0 Å². The van der Waals surface area contributed by atoms with Crippen LogP contribution in [0.5, 0.6) is 5.75 Å². The van der Waals surface area contributed by atoms with E-state index in [0.717, 1.165) is 32.1 Å². The topological polar surface area (TPSA) is 71.7 Å². The number of nitrogens with one attached hydrogen (secondary N) is 1. The van der Waals surface area contributed by atoms with Crippen LogP contribution in [0.25, 0.3) is 16.9 Å². The van der Waals surface area contributed by atoms with Crippen molar-refractivity contribution in [3.05, 3.63) is 42.6 Å². The summed E-state index contributed by atoms with van der Waals surface area (Å²) in [5.74, 6) is 0.358. The van der Waals surface area contributed by atoms with Crippen molar-refractivity contribution in [1.29, 1.82) is 0 Å². The van der Waals surface area contributed by atoms with Gasteiger partial charge in [-0.1, -0.05) is 12.1 Å². The van der Waals surface area contributed by atoms with E-state index in [9.17, 15) is 18.3 Å². The van der Waals surface area contributed by atoms with Gasteiger partial charge in [-0.15, -0.1) is 18.3 Å². The number of rotatable bonds is 4. The molecule has 1 aromatic carbocycles. The molecule has 0 bridgehead atoms. The highest BCUT2D eigenvalue weighted by molar-refractivity contribution is 5.65. The Kier molecular flexibility index (Phi) is 5.31. The SMILES string of the molecule is OC1CCCC(Nc2ccc3ncc(-c4cccc(OC(F)(F)F)c4)n3n2)CC1. The maximum Gasteiger partial charge on any atom is 0.573 e. The van der Waals surface area contributed by atoms with E-state index < -0.39 is 6.36 Å². The average Bonchev–Trinajstić information content (AvgIpc) is 2.97. The zero-order chi connectivity index (χ0) is 20.4. The van der Waals surface area contributed by atoms with Gasteiger partial charge in [0.05, 0.1) is 18.0 Å². The summed E-state index contributed by atoms with van der Waals surface area (Å²) in [5.41, 5.74) is 1.66. The van der Waals surface area contributed by atoms with Crippen LogP contribution < -0.4 is 10.1 Å². The molecular weight excluding hydrogens is 385 g/mol. The first-order valence-corrected chi connectivity index (χ1v) is 9.53. The fourth-order valence-electron chi connectivity index (χ4n) is 3.64. The van der Waals surface area contributed by atoms with E-state index in [2.05, 4.69) is 20.1 Å². The lowest BCUT2D eigenvalue weighted by Crippen LogP contribution is -2.20. The number of anilines is 1. The van der Waals surface area contributed by atoms with Crippen molar-refractivity contribution in [1.82, 2.24) is 14.6 Å². The summed E-state index contributed by atoms with van der Waals surface area (Å²) in [4.78, 5) is 4.29. The van der Waals surface area contributed by atoms with Crippen LogP contribution in [0.1, 0.15) is 32.1 Å². The highest BCUT2D eigenvalue weighted by Gasteiger charge is 2.31. The third-order valence-electron chi connectivity index (χ3n) is 5.02. The molecule has 0 amide bonds. The highest BCUT2D eigenvalue weighted by Crippen LogP contribution is 2.28. The minimum Gasteiger partial charge on any atom is -0.406 e. The van der Waals surface area contributed by atoms with Crippen LogP contribution in [0.2, 0.25) is 0 Å². The van der Waals surface area contributed by atoms with Crippen molar-refractivity contribution in [3.63, 3.8) is 0 Å². The highest BCUT2D eigenvalue weighted by atomic mass is 19.4. The van der Waals surface area contributed by atoms with Crippen molar-refractivity contribution in [2.24, 2.45) is 0 Å². The molecule has 6 nitrogen and oxygen atoms in total. The van der Waals surface area contributed by atoms with Gasteiger partial charge in [0.1, 0.15) is 11.6 Å². The second-order valence-electron chi connectivity index (χ2n) is 7.21. The molecule has 2 heterocycles. The molecule has 2 aromatic heterocycles. The number of nitrogens with zero attached hydrogens (tertiary/aromatic N) is 3. The molecule has 1 aliphatic rings. The van der Waals surface area contributed by atoms with E-state index in [1.165, 1.54) is 18.2 Å². The Balaban J connectivity index is 1.60. The van der Waals surface area contributed by atoms with Gasteiger partial charge in [0.25, 0.3) is 0 Å². The van der Waals surface area contributed by atoms with Gasteiger partial charge < -0.3 is 15.2 Å². The van der Waals surface area contributed by atoms with Crippen molar-refractivity contribution >= 4 is 11.5 Å². The van der Waals surface area contributed by atoms with E-state index in [1.54, 1.807) is 22.8 Å². The molecule has 1 aliphatic carbocycles. The van der Waals surface area contributed by atoms with Crippen LogP contribution in [0, 0.1) is 0 Å². The van der Waals surface area contributed by atoms with E-state index in [0.29, 0.717) is 22.7 Å². The predicted molar refractivity (Wildman–Crippen MR) is 102 cm³/mol. The standard InChI is InChI=1S/C20H21F3N4O2/c21-20(22,23)29-16-6-1-3-13(11-16)17-12-24-19-10-9-18(26-27(17)19)25-14-4-2-5-15(28)8-7-14/h1,3,6,9-12,14-15,28H,2,4-5,7-8H2,(H,25,26). The van der Waals surface area contributed by atoms with Crippen molar-refractivity contribution in [2.45, 2.75) is 50.6 Å². The van der Waals surface area contributed by atoms with Gasteiger partial charge in [0.15, 0.2) is 5.65 Å². The molecule has 2 atom stereocenters. The first-order valence-electron chi connectivity index (χ1n) is 9.53. The van der Waals surface area contributed by atoms with Crippen LogP contribution in [-0.4, -0.2) is 38.2 Å². The van der Waals surface area contributed by atoms with Gasteiger partial charge in [-0.2, -0.15) is 0 Å². The van der Waals surface area contributed by atoms with E-state index >= 15 is 0 Å². The van der Waals surface area contributed by atoms with Crippen LogP contribution >= 0.6 is 0 Å². The van der Waals surface area contributed by atoms with Crippen LogP contribution in [0.15, 0.2) is 42.6 Å². The maximum absolute atomic E-state index is 12.5. The lowest BCUT2D eigenvalue weighted by molar-refractivity contribution is -0.274. The number of hydrogen-bond acceptors (Lipinski definition) is 5. The lowest BCUT2D eigenvalue weighted by atomic mass is 10.1. The summed E-state index contributed by atoms with van der Waals surface area (Å²) in [6.45, 7) is 0. The Morgan fingerprint density at radius 2 is 1.97 bits per heavy atom. The number of imidazole rings is 1. The molecule has 0 spiro atoms. The summed E-state index contributed by atoms with van der Waals surface area (Å²) in [7, 11) is 0. The molecule has 4 rings (SSSR count). The quantitative estimate of drug-likeness (QED) is 0.629. The van der Waals surface area contributed by atoms with E-state index in [1.807, 2.05) is 6.07 Å². The number of aliphatic hydroxyl groups excluding tert-OH is 1. The molecule has 3 aromatic rings. The summed E-state index contributed by atoms with van der Waals surface area (Å²) in [6.07, 6.45) is 0.890. The molecule has 0 saturated heterocycles. The molecule has 9 heteroatoms. The maximum atomic E-state index is 12.5. The Morgan fingerprint density at radius 1 is 1.10 bits per heavy atom. The number of fused-ring (bicyclic) bond motifs is 1. The number of benzene rings is 1. The zero-order valence-corrected chi connectivity index (χ0v) is 15.6. The molecule has 2 N–H and O–H groups in total. The number of hydrogen-bond donors (Lipinski definition) is 2. The van der Waals surface area contributed by atoms with E-state index in [-0.39, 0.29) is 17.9 Å². The molecule has 29 heavy (non-hydrogen) atoms. The number of ether oxygens (including phenoxy) is 1.